The molecule has 0 bridgehead atoms. The van der Waals surface area contributed by atoms with Gasteiger partial charge in [-0.3, -0.25) is 0 Å². The number of carbonyl (C=O) groups excluding carboxylic acids is 1. The second kappa shape index (κ2) is 5.91. The summed E-state index contributed by atoms with van der Waals surface area (Å²) in [7, 11) is 0. The van der Waals surface area contributed by atoms with Crippen LogP contribution in [0.25, 0.3) is 0 Å². The van der Waals surface area contributed by atoms with Crippen molar-refractivity contribution in [2.75, 3.05) is 5.32 Å². The van der Waals surface area contributed by atoms with Gasteiger partial charge >= 0.3 is 12.0 Å². The highest BCUT2D eigenvalue weighted by Gasteiger charge is 2.06. The summed E-state index contributed by atoms with van der Waals surface area (Å²) in [5.74, 6) is -1.11. The van der Waals surface area contributed by atoms with E-state index in [0.717, 1.165) is 5.69 Å². The molecule has 7 nitrogen and oxygen atoms in total. The smallest absolute Gasteiger partial charge is 0.354 e. The van der Waals surface area contributed by atoms with E-state index in [0.29, 0.717) is 12.2 Å². The van der Waals surface area contributed by atoms with Crippen LogP contribution in [-0.4, -0.2) is 27.1 Å². The van der Waals surface area contributed by atoms with Gasteiger partial charge in [-0.15, -0.1) is 11.3 Å². The molecule has 0 saturated heterocycles. The summed E-state index contributed by atoms with van der Waals surface area (Å²) >= 11 is 1.45. The van der Waals surface area contributed by atoms with E-state index in [4.69, 9.17) is 5.11 Å². The molecule has 0 aliphatic rings. The first-order valence-electron chi connectivity index (χ1n) is 5.26. The summed E-state index contributed by atoms with van der Waals surface area (Å²) in [5, 5.41) is 15.7. The maximum absolute atomic E-state index is 11.5. The normalized spacial score (nSPS) is 9.89. The zero-order chi connectivity index (χ0) is 13.7. The van der Waals surface area contributed by atoms with Crippen molar-refractivity contribution in [1.29, 1.82) is 0 Å². The number of carbonyl (C=O) groups is 2. The van der Waals surface area contributed by atoms with Gasteiger partial charge in [0.1, 0.15) is 5.69 Å². The molecule has 98 valence electrons. The van der Waals surface area contributed by atoms with Gasteiger partial charge in [-0.05, 0) is 12.1 Å². The van der Waals surface area contributed by atoms with E-state index >= 15 is 0 Å². The molecule has 0 atom stereocenters. The van der Waals surface area contributed by atoms with Crippen molar-refractivity contribution in [3.05, 3.63) is 40.6 Å². The van der Waals surface area contributed by atoms with Crippen LogP contribution in [0.3, 0.4) is 0 Å². The van der Waals surface area contributed by atoms with Gasteiger partial charge in [-0.25, -0.2) is 19.6 Å². The zero-order valence-electron chi connectivity index (χ0n) is 9.66. The Balaban J connectivity index is 1.86. The number of aromatic nitrogens is 2. The molecule has 0 saturated carbocycles. The van der Waals surface area contributed by atoms with Crippen molar-refractivity contribution in [2.45, 2.75) is 6.54 Å². The van der Waals surface area contributed by atoms with Gasteiger partial charge in [0, 0.05) is 5.38 Å². The summed E-state index contributed by atoms with van der Waals surface area (Å²) in [4.78, 5) is 29.8. The van der Waals surface area contributed by atoms with E-state index in [1.807, 2.05) is 5.38 Å². The molecule has 2 rings (SSSR count). The molecule has 3 N–H and O–H groups in total. The quantitative estimate of drug-likeness (QED) is 0.787. The fourth-order valence-corrected chi connectivity index (χ4v) is 1.82. The van der Waals surface area contributed by atoms with E-state index in [-0.39, 0.29) is 5.69 Å². The van der Waals surface area contributed by atoms with Gasteiger partial charge in [0.25, 0.3) is 0 Å². The van der Waals surface area contributed by atoms with Crippen molar-refractivity contribution in [2.24, 2.45) is 0 Å². The van der Waals surface area contributed by atoms with E-state index in [9.17, 15) is 9.59 Å². The van der Waals surface area contributed by atoms with E-state index in [1.165, 1.54) is 29.7 Å². The number of hydrogen-bond donors (Lipinski definition) is 3. The zero-order valence-corrected chi connectivity index (χ0v) is 10.5. The minimum absolute atomic E-state index is 0.0755. The Morgan fingerprint density at radius 2 is 2.16 bits per heavy atom. The third-order valence-electron chi connectivity index (χ3n) is 2.15. The number of nitrogens with zero attached hydrogens (tertiary/aromatic N) is 2. The molecule has 19 heavy (non-hydrogen) atoms. The van der Waals surface area contributed by atoms with Crippen LogP contribution in [0.4, 0.5) is 10.5 Å². The predicted molar refractivity (Wildman–Crippen MR) is 69.2 cm³/mol. The minimum Gasteiger partial charge on any atom is -0.477 e. The van der Waals surface area contributed by atoms with Gasteiger partial charge in [0.15, 0.2) is 0 Å². The first-order chi connectivity index (χ1) is 9.15. The molecule has 0 aromatic carbocycles. The largest absolute Gasteiger partial charge is 0.477 e. The lowest BCUT2D eigenvalue weighted by atomic mass is 10.3. The number of carboxylic acid groups (broad SMARTS) is 1. The number of aromatic carboxylic acids is 1. The molecular formula is C11H10N4O3S. The predicted octanol–water partition coefficient (Wildman–Crippen LogP) is 1.56. The number of carboxylic acids is 1. The second-order valence-electron chi connectivity index (χ2n) is 3.52. The number of urea groups is 1. The van der Waals surface area contributed by atoms with Crippen LogP contribution in [-0.2, 0) is 6.54 Å². The average Bonchev–Trinajstić information content (AvgIpc) is 2.90. The van der Waals surface area contributed by atoms with Crippen LogP contribution in [0.2, 0.25) is 0 Å². The van der Waals surface area contributed by atoms with Crippen LogP contribution in [0.1, 0.15) is 16.2 Å². The van der Waals surface area contributed by atoms with Gasteiger partial charge < -0.3 is 15.7 Å². The third kappa shape index (κ3) is 3.75. The van der Waals surface area contributed by atoms with Crippen LogP contribution in [0.5, 0.6) is 0 Å². The van der Waals surface area contributed by atoms with Gasteiger partial charge in [-0.1, -0.05) is 0 Å². The van der Waals surface area contributed by atoms with E-state index in [2.05, 4.69) is 20.6 Å². The number of thiazole rings is 1. The van der Waals surface area contributed by atoms with Gasteiger partial charge in [0.2, 0.25) is 0 Å². The van der Waals surface area contributed by atoms with Gasteiger partial charge in [-0.2, -0.15) is 0 Å². The molecule has 8 heteroatoms. The Hall–Kier alpha value is -2.48. The fraction of sp³-hybridized carbons (Fsp3) is 0.0909. The number of amides is 2. The Morgan fingerprint density at radius 1 is 1.32 bits per heavy atom. The molecule has 0 fully saturated rings. The lowest BCUT2D eigenvalue weighted by molar-refractivity contribution is 0.0690. The summed E-state index contributed by atoms with van der Waals surface area (Å²) in [6.45, 7) is 0.329. The second-order valence-corrected chi connectivity index (χ2v) is 4.24. The highest BCUT2D eigenvalue weighted by molar-refractivity contribution is 7.07. The van der Waals surface area contributed by atoms with Crippen LogP contribution in [0, 0.1) is 0 Å². The SMILES string of the molecule is O=C(NCc1cscn1)Nc1ccc(C(=O)O)nc1. The summed E-state index contributed by atoms with van der Waals surface area (Å²) in [6, 6.07) is 2.38. The molecule has 2 aromatic rings. The summed E-state index contributed by atoms with van der Waals surface area (Å²) in [5.41, 5.74) is 2.80. The number of nitrogens with one attached hydrogen (secondary N) is 2. The standard InChI is InChI=1S/C11H10N4O3S/c16-10(17)9-2-1-7(3-12-9)15-11(18)13-4-8-5-19-6-14-8/h1-3,5-6H,4H2,(H,16,17)(H2,13,15,18). The molecular weight excluding hydrogens is 268 g/mol. The molecule has 0 aliphatic heterocycles. The maximum Gasteiger partial charge on any atom is 0.354 e. The molecule has 2 amide bonds. The lowest BCUT2D eigenvalue weighted by Crippen LogP contribution is -2.28. The van der Waals surface area contributed by atoms with Gasteiger partial charge in [0.05, 0.1) is 29.6 Å². The van der Waals surface area contributed by atoms with Crippen LogP contribution < -0.4 is 10.6 Å². The fourth-order valence-electron chi connectivity index (χ4n) is 1.27. The number of rotatable bonds is 4. The van der Waals surface area contributed by atoms with Crippen molar-refractivity contribution in [3.63, 3.8) is 0 Å². The number of anilines is 1. The third-order valence-corrected chi connectivity index (χ3v) is 2.79. The average molecular weight is 278 g/mol. The van der Waals surface area contributed by atoms with Crippen molar-refractivity contribution < 1.29 is 14.7 Å². The Labute approximate surface area is 112 Å². The first kappa shape index (κ1) is 13.0. The van der Waals surface area contributed by atoms with Crippen molar-refractivity contribution >= 4 is 29.0 Å². The number of pyridine rings is 1. The van der Waals surface area contributed by atoms with Crippen LogP contribution >= 0.6 is 11.3 Å². The minimum atomic E-state index is -1.11. The van der Waals surface area contributed by atoms with Crippen LogP contribution in [0.15, 0.2) is 29.2 Å². The Kier molecular flexibility index (Phi) is 4.04. The molecule has 0 unspecified atom stereocenters. The first-order valence-corrected chi connectivity index (χ1v) is 6.20. The highest BCUT2D eigenvalue weighted by atomic mass is 32.1. The molecule has 2 aromatic heterocycles. The Morgan fingerprint density at radius 3 is 2.74 bits per heavy atom. The van der Waals surface area contributed by atoms with E-state index in [1.54, 1.807) is 5.51 Å². The van der Waals surface area contributed by atoms with E-state index < -0.39 is 12.0 Å². The van der Waals surface area contributed by atoms with Crippen molar-refractivity contribution in [1.82, 2.24) is 15.3 Å². The summed E-state index contributed by atoms with van der Waals surface area (Å²) in [6.07, 6.45) is 1.28. The molecule has 0 radical (unpaired) electrons. The maximum atomic E-state index is 11.5. The molecule has 0 aliphatic carbocycles. The van der Waals surface area contributed by atoms with Crippen molar-refractivity contribution in [3.8, 4) is 0 Å². The Bertz CT molecular complexity index is 568. The number of hydrogen-bond acceptors (Lipinski definition) is 5. The topological polar surface area (TPSA) is 104 Å². The highest BCUT2D eigenvalue weighted by Crippen LogP contribution is 2.06. The monoisotopic (exact) mass is 278 g/mol. The molecule has 2 heterocycles. The summed E-state index contributed by atoms with van der Waals surface area (Å²) < 4.78 is 0. The lowest BCUT2D eigenvalue weighted by Gasteiger charge is -2.06. The molecule has 0 spiro atoms.